The molecule has 21 heavy (non-hydrogen) atoms. The van der Waals surface area contributed by atoms with Gasteiger partial charge in [-0.2, -0.15) is 0 Å². The molecule has 1 aliphatic heterocycles. The second-order valence-corrected chi connectivity index (χ2v) is 6.21. The molecule has 0 radical (unpaired) electrons. The third-order valence-electron chi connectivity index (χ3n) is 4.14. The summed E-state index contributed by atoms with van der Waals surface area (Å²) in [7, 11) is 2.55. The molecule has 1 saturated heterocycles. The molecular weight excluding hydrogens is 270 g/mol. The van der Waals surface area contributed by atoms with Crippen LogP contribution in [0, 0.1) is 11.7 Å². The Labute approximate surface area is 126 Å². The highest BCUT2D eigenvalue weighted by Gasteiger charge is 2.19. The van der Waals surface area contributed by atoms with Crippen molar-refractivity contribution >= 4 is 12.6 Å². The molecule has 0 aromatic heterocycles. The molecule has 0 aliphatic carbocycles. The quantitative estimate of drug-likeness (QED) is 0.766. The van der Waals surface area contributed by atoms with Crippen molar-refractivity contribution in [1.82, 2.24) is 9.80 Å². The highest BCUT2D eigenvalue weighted by atomic mass is 19.1. The van der Waals surface area contributed by atoms with Gasteiger partial charge in [0, 0.05) is 13.1 Å². The zero-order valence-corrected chi connectivity index (χ0v) is 12.8. The topological polar surface area (TPSA) is 46.9 Å². The van der Waals surface area contributed by atoms with Crippen molar-refractivity contribution < 1.29 is 14.4 Å². The lowest BCUT2D eigenvalue weighted by atomic mass is 9.79. The van der Waals surface area contributed by atoms with E-state index in [0.717, 1.165) is 31.3 Å². The molecule has 1 aromatic rings. The minimum Gasteiger partial charge on any atom is -0.423 e. The predicted molar refractivity (Wildman–Crippen MR) is 82.8 cm³/mol. The lowest BCUT2D eigenvalue weighted by molar-refractivity contribution is 0.173. The zero-order chi connectivity index (χ0) is 15.4. The maximum Gasteiger partial charge on any atom is 0.488 e. The molecule has 0 unspecified atom stereocenters. The maximum atomic E-state index is 13.5. The van der Waals surface area contributed by atoms with Gasteiger partial charge in [-0.15, -0.1) is 0 Å². The number of rotatable bonds is 5. The van der Waals surface area contributed by atoms with E-state index >= 15 is 0 Å². The summed E-state index contributed by atoms with van der Waals surface area (Å²) in [4.78, 5) is 4.52. The van der Waals surface area contributed by atoms with Crippen LogP contribution in [0.1, 0.15) is 18.4 Å². The molecule has 1 aliphatic rings. The number of likely N-dealkylation sites (tertiary alicyclic amines) is 1. The van der Waals surface area contributed by atoms with Gasteiger partial charge in [0.1, 0.15) is 5.82 Å². The first-order valence-corrected chi connectivity index (χ1v) is 7.46. The number of halogens is 1. The van der Waals surface area contributed by atoms with E-state index in [0.29, 0.717) is 12.5 Å². The monoisotopic (exact) mass is 294 g/mol. The van der Waals surface area contributed by atoms with E-state index in [-0.39, 0.29) is 5.46 Å². The van der Waals surface area contributed by atoms with Crippen LogP contribution >= 0.6 is 0 Å². The molecule has 1 fully saturated rings. The van der Waals surface area contributed by atoms with Gasteiger partial charge in [-0.1, -0.05) is 6.07 Å². The molecule has 1 heterocycles. The van der Waals surface area contributed by atoms with Crippen molar-refractivity contribution in [2.75, 3.05) is 33.7 Å². The van der Waals surface area contributed by atoms with Crippen LogP contribution < -0.4 is 5.46 Å². The van der Waals surface area contributed by atoms with Crippen LogP contribution in [0.15, 0.2) is 18.2 Å². The Balaban J connectivity index is 1.91. The summed E-state index contributed by atoms with van der Waals surface area (Å²) in [5.41, 5.74) is 0.978. The highest BCUT2D eigenvalue weighted by molar-refractivity contribution is 6.58. The lowest BCUT2D eigenvalue weighted by Crippen LogP contribution is -2.36. The van der Waals surface area contributed by atoms with Gasteiger partial charge in [0.2, 0.25) is 0 Å². The fourth-order valence-corrected chi connectivity index (χ4v) is 2.98. The van der Waals surface area contributed by atoms with Crippen molar-refractivity contribution in [1.29, 1.82) is 0 Å². The van der Waals surface area contributed by atoms with Gasteiger partial charge in [-0.05, 0) is 69.1 Å². The fraction of sp³-hybridized carbons (Fsp3) is 0.600. The van der Waals surface area contributed by atoms with Crippen molar-refractivity contribution in [3.63, 3.8) is 0 Å². The van der Waals surface area contributed by atoms with Gasteiger partial charge >= 0.3 is 7.12 Å². The van der Waals surface area contributed by atoms with Crippen LogP contribution in [0.5, 0.6) is 0 Å². The zero-order valence-electron chi connectivity index (χ0n) is 12.8. The van der Waals surface area contributed by atoms with Crippen LogP contribution in [0.2, 0.25) is 0 Å². The van der Waals surface area contributed by atoms with Gasteiger partial charge in [-0.25, -0.2) is 4.39 Å². The summed E-state index contributed by atoms with van der Waals surface area (Å²) in [5, 5.41) is 18.3. The van der Waals surface area contributed by atoms with Gasteiger partial charge < -0.3 is 19.8 Å². The smallest absolute Gasteiger partial charge is 0.423 e. The van der Waals surface area contributed by atoms with Crippen LogP contribution in [-0.2, 0) is 6.54 Å². The van der Waals surface area contributed by atoms with Crippen molar-refractivity contribution in [3.8, 4) is 0 Å². The van der Waals surface area contributed by atoms with E-state index in [4.69, 9.17) is 10.0 Å². The number of nitrogens with zero attached hydrogens (tertiary/aromatic N) is 2. The van der Waals surface area contributed by atoms with E-state index in [1.54, 1.807) is 6.07 Å². The summed E-state index contributed by atoms with van der Waals surface area (Å²) in [5.74, 6) is 0.256. The van der Waals surface area contributed by atoms with Gasteiger partial charge in [0.15, 0.2) is 0 Å². The highest BCUT2D eigenvalue weighted by Crippen LogP contribution is 2.17. The van der Waals surface area contributed by atoms with Crippen molar-refractivity contribution in [3.05, 3.63) is 29.6 Å². The Morgan fingerprint density at radius 3 is 2.57 bits per heavy atom. The fourth-order valence-electron chi connectivity index (χ4n) is 2.98. The second kappa shape index (κ2) is 7.36. The SMILES string of the molecule is CN1CCC(CN(C)Cc2cc(F)cc(B(O)O)c2)CC1. The molecule has 4 nitrogen and oxygen atoms in total. The van der Waals surface area contributed by atoms with Crippen LogP contribution in [0.4, 0.5) is 4.39 Å². The van der Waals surface area contributed by atoms with E-state index in [1.807, 2.05) is 7.05 Å². The Morgan fingerprint density at radius 1 is 1.29 bits per heavy atom. The summed E-state index contributed by atoms with van der Waals surface area (Å²) in [6.07, 6.45) is 2.40. The molecule has 6 heteroatoms. The summed E-state index contributed by atoms with van der Waals surface area (Å²) in [6, 6.07) is 4.26. The summed E-state index contributed by atoms with van der Waals surface area (Å²) >= 11 is 0. The van der Waals surface area contributed by atoms with Crippen molar-refractivity contribution in [2.45, 2.75) is 19.4 Å². The van der Waals surface area contributed by atoms with Gasteiger partial charge in [-0.3, -0.25) is 0 Å². The van der Waals surface area contributed by atoms with E-state index in [9.17, 15) is 4.39 Å². The Bertz CT molecular complexity index is 465. The maximum absolute atomic E-state index is 13.5. The first kappa shape index (κ1) is 16.4. The number of piperidine rings is 1. The predicted octanol–water partition coefficient (Wildman–Crippen LogP) is 0.279. The first-order chi connectivity index (χ1) is 9.94. The Kier molecular flexibility index (Phi) is 5.76. The molecule has 0 atom stereocenters. The van der Waals surface area contributed by atoms with Gasteiger partial charge in [0.25, 0.3) is 0 Å². The molecule has 0 bridgehead atoms. The Morgan fingerprint density at radius 2 is 1.95 bits per heavy atom. The third kappa shape index (κ3) is 5.07. The molecule has 2 rings (SSSR count). The minimum absolute atomic E-state index is 0.206. The van der Waals surface area contributed by atoms with E-state index < -0.39 is 12.9 Å². The van der Waals surface area contributed by atoms with Crippen LogP contribution in [0.25, 0.3) is 0 Å². The number of benzene rings is 1. The largest absolute Gasteiger partial charge is 0.488 e. The molecule has 0 saturated carbocycles. The van der Waals surface area contributed by atoms with Crippen LogP contribution in [0.3, 0.4) is 0 Å². The minimum atomic E-state index is -1.63. The average Bonchev–Trinajstić information content (AvgIpc) is 2.40. The first-order valence-electron chi connectivity index (χ1n) is 7.46. The van der Waals surface area contributed by atoms with Crippen LogP contribution in [-0.4, -0.2) is 60.7 Å². The van der Waals surface area contributed by atoms with E-state index in [1.165, 1.54) is 18.9 Å². The van der Waals surface area contributed by atoms with E-state index in [2.05, 4.69) is 16.8 Å². The molecule has 1 aromatic carbocycles. The average molecular weight is 294 g/mol. The summed E-state index contributed by atoms with van der Waals surface area (Å²) < 4.78 is 13.5. The third-order valence-corrected chi connectivity index (χ3v) is 4.14. The molecule has 116 valence electrons. The van der Waals surface area contributed by atoms with Crippen molar-refractivity contribution in [2.24, 2.45) is 5.92 Å². The molecule has 0 spiro atoms. The normalized spacial score (nSPS) is 17.4. The lowest BCUT2D eigenvalue weighted by Gasteiger charge is -2.31. The molecule has 0 amide bonds. The number of hydrogen-bond acceptors (Lipinski definition) is 4. The summed E-state index contributed by atoms with van der Waals surface area (Å²) in [6.45, 7) is 3.88. The number of hydrogen-bond donors (Lipinski definition) is 2. The standard InChI is InChI=1S/C15H24BFN2O2/c1-18-5-3-12(4-6-18)10-19(2)11-13-7-14(16(20)21)9-15(17)8-13/h7-9,12,20-21H,3-6,10-11H2,1-2H3. The molecule has 2 N–H and O–H groups in total. The Hall–Kier alpha value is -0.945. The second-order valence-electron chi connectivity index (χ2n) is 6.21. The van der Waals surface area contributed by atoms with Gasteiger partial charge in [0.05, 0.1) is 0 Å². The molecular formula is C15H24BFN2O2.